The van der Waals surface area contributed by atoms with Gasteiger partial charge in [-0.1, -0.05) is 0 Å². The molecule has 0 spiro atoms. The van der Waals surface area contributed by atoms with Crippen LogP contribution in [0.15, 0.2) is 36.4 Å². The lowest BCUT2D eigenvalue weighted by atomic mass is 10.1. The summed E-state index contributed by atoms with van der Waals surface area (Å²) in [5, 5.41) is 2.89. The molecule has 0 saturated heterocycles. The number of fused-ring (bicyclic) bond motifs is 1. The highest BCUT2D eigenvalue weighted by Gasteiger charge is 2.22. The predicted molar refractivity (Wildman–Crippen MR) is 114 cm³/mol. The number of Topliss-reactive ketones (excluding diaryl/α,β-unsaturated/α-hetero) is 1. The average Bonchev–Trinajstić information content (AvgIpc) is 3.10. The van der Waals surface area contributed by atoms with Gasteiger partial charge in [-0.3, -0.25) is 9.59 Å². The summed E-state index contributed by atoms with van der Waals surface area (Å²) in [6, 6.07) is 10.9. The van der Waals surface area contributed by atoms with Crippen molar-refractivity contribution in [1.29, 1.82) is 0 Å². The van der Waals surface area contributed by atoms with Crippen molar-refractivity contribution < 1.29 is 23.8 Å². The van der Waals surface area contributed by atoms with Crippen LogP contribution in [0.4, 0.5) is 0 Å². The van der Waals surface area contributed by atoms with Gasteiger partial charge in [0.1, 0.15) is 23.4 Å². The Kier molecular flexibility index (Phi) is 7.33. The number of nitrogens with one attached hydrogen (secondary N) is 1. The van der Waals surface area contributed by atoms with E-state index < -0.39 is 0 Å². The maximum Gasteiger partial charge on any atom is 0.220 e. The molecule has 1 heterocycles. The Labute approximate surface area is 177 Å². The van der Waals surface area contributed by atoms with Gasteiger partial charge in [0, 0.05) is 42.5 Å². The van der Waals surface area contributed by atoms with E-state index >= 15 is 0 Å². The van der Waals surface area contributed by atoms with E-state index in [0.717, 1.165) is 34.8 Å². The molecule has 2 aromatic carbocycles. The molecule has 2 aromatic rings. The molecule has 0 aromatic heterocycles. The molecule has 160 valence electrons. The lowest BCUT2D eigenvalue weighted by Gasteiger charge is -2.13. The Morgan fingerprint density at radius 3 is 2.50 bits per heavy atom. The first-order valence-corrected chi connectivity index (χ1v) is 10.5. The van der Waals surface area contributed by atoms with Crippen molar-refractivity contribution >= 4 is 11.7 Å². The van der Waals surface area contributed by atoms with Gasteiger partial charge in [0.25, 0.3) is 0 Å². The van der Waals surface area contributed by atoms with Crippen molar-refractivity contribution in [2.75, 3.05) is 13.2 Å². The Balaban J connectivity index is 1.53. The van der Waals surface area contributed by atoms with Crippen LogP contribution >= 0.6 is 0 Å². The van der Waals surface area contributed by atoms with Crippen LogP contribution in [-0.2, 0) is 17.8 Å². The lowest BCUT2D eigenvalue weighted by molar-refractivity contribution is -0.121. The Hall–Kier alpha value is -3.02. The zero-order chi connectivity index (χ0) is 21.5. The first-order valence-electron chi connectivity index (χ1n) is 10.5. The minimum absolute atomic E-state index is 0.0666. The second kappa shape index (κ2) is 10.1. The second-order valence-electron chi connectivity index (χ2n) is 7.29. The van der Waals surface area contributed by atoms with Crippen LogP contribution in [0.3, 0.4) is 0 Å². The van der Waals surface area contributed by atoms with Crippen LogP contribution in [0.5, 0.6) is 17.2 Å². The first kappa shape index (κ1) is 21.7. The maximum absolute atomic E-state index is 12.3. The van der Waals surface area contributed by atoms with E-state index in [1.807, 2.05) is 32.9 Å². The van der Waals surface area contributed by atoms with Crippen LogP contribution in [0, 0.1) is 0 Å². The number of ether oxygens (including phenoxy) is 3. The molecule has 6 nitrogen and oxygen atoms in total. The quantitative estimate of drug-likeness (QED) is 0.596. The highest BCUT2D eigenvalue weighted by atomic mass is 16.5. The largest absolute Gasteiger partial charge is 0.494 e. The molecule has 0 saturated carbocycles. The van der Waals surface area contributed by atoms with Crippen molar-refractivity contribution in [3.8, 4) is 17.2 Å². The van der Waals surface area contributed by atoms with Crippen LogP contribution in [0.1, 0.15) is 55.1 Å². The van der Waals surface area contributed by atoms with Gasteiger partial charge in [0.2, 0.25) is 5.91 Å². The zero-order valence-corrected chi connectivity index (χ0v) is 17.8. The highest BCUT2D eigenvalue weighted by molar-refractivity contribution is 5.98. The fourth-order valence-corrected chi connectivity index (χ4v) is 3.47. The highest BCUT2D eigenvalue weighted by Crippen LogP contribution is 2.35. The molecule has 1 N–H and O–H groups in total. The van der Waals surface area contributed by atoms with Gasteiger partial charge >= 0.3 is 0 Å². The number of benzene rings is 2. The molecule has 1 amide bonds. The van der Waals surface area contributed by atoms with E-state index in [0.29, 0.717) is 25.3 Å². The molecule has 1 aliphatic rings. The van der Waals surface area contributed by atoms with Crippen LogP contribution < -0.4 is 19.5 Å². The summed E-state index contributed by atoms with van der Waals surface area (Å²) in [5.74, 6) is 2.10. The number of hydrogen-bond donors (Lipinski definition) is 1. The summed E-state index contributed by atoms with van der Waals surface area (Å²) >= 11 is 0. The Morgan fingerprint density at radius 1 is 1.07 bits per heavy atom. The number of carbonyl (C=O) groups excluding carboxylic acids is 2. The van der Waals surface area contributed by atoms with Gasteiger partial charge in [-0.25, -0.2) is 0 Å². The summed E-state index contributed by atoms with van der Waals surface area (Å²) in [5.41, 5.74) is 2.58. The fourth-order valence-electron chi connectivity index (χ4n) is 3.47. The third-order valence-electron chi connectivity index (χ3n) is 4.92. The number of ketones is 1. The molecule has 0 unspecified atom stereocenters. The third kappa shape index (κ3) is 5.53. The van der Waals surface area contributed by atoms with Gasteiger partial charge in [0.15, 0.2) is 5.78 Å². The summed E-state index contributed by atoms with van der Waals surface area (Å²) in [6.45, 7) is 7.33. The smallest absolute Gasteiger partial charge is 0.220 e. The molecule has 1 aliphatic heterocycles. The molecular formula is C24H29NO5. The number of amides is 1. The van der Waals surface area contributed by atoms with E-state index in [-0.39, 0.29) is 30.6 Å². The van der Waals surface area contributed by atoms with Crippen molar-refractivity contribution in [2.45, 2.75) is 52.7 Å². The van der Waals surface area contributed by atoms with E-state index in [1.54, 1.807) is 24.3 Å². The fraction of sp³-hybridized carbons (Fsp3) is 0.417. The Bertz CT molecular complexity index is 891. The summed E-state index contributed by atoms with van der Waals surface area (Å²) in [7, 11) is 0. The van der Waals surface area contributed by atoms with E-state index in [9.17, 15) is 9.59 Å². The lowest BCUT2D eigenvalue weighted by Crippen LogP contribution is -2.23. The van der Waals surface area contributed by atoms with Crippen molar-refractivity contribution in [2.24, 2.45) is 0 Å². The van der Waals surface area contributed by atoms with Gasteiger partial charge in [-0.05, 0) is 57.2 Å². The topological polar surface area (TPSA) is 73.9 Å². The summed E-state index contributed by atoms with van der Waals surface area (Å²) in [4.78, 5) is 24.6. The maximum atomic E-state index is 12.3. The molecule has 1 atom stereocenters. The second-order valence-corrected chi connectivity index (χ2v) is 7.29. The van der Waals surface area contributed by atoms with Crippen LogP contribution in [0.25, 0.3) is 0 Å². The minimum Gasteiger partial charge on any atom is -0.494 e. The van der Waals surface area contributed by atoms with Crippen LogP contribution in [-0.4, -0.2) is 31.0 Å². The number of hydrogen-bond acceptors (Lipinski definition) is 5. The SMILES string of the molecule is CCOc1ccc(C(=O)CCC(=O)NCc2cc3c(cc2OCC)C[C@H](C)O3)cc1. The monoisotopic (exact) mass is 411 g/mol. The predicted octanol–water partition coefficient (Wildman–Crippen LogP) is 4.09. The third-order valence-corrected chi connectivity index (χ3v) is 4.92. The molecule has 6 heteroatoms. The van der Waals surface area contributed by atoms with Gasteiger partial charge < -0.3 is 19.5 Å². The zero-order valence-electron chi connectivity index (χ0n) is 17.8. The van der Waals surface area contributed by atoms with E-state index in [1.165, 1.54) is 0 Å². The molecule has 0 bridgehead atoms. The standard InChI is InChI=1S/C24H29NO5/c1-4-28-20-8-6-17(7-9-20)21(26)10-11-24(27)25-15-19-14-23-18(12-16(3)30-23)13-22(19)29-5-2/h6-9,13-14,16H,4-5,10-12,15H2,1-3H3,(H,25,27)/t16-/m0/s1. The number of carbonyl (C=O) groups is 2. The molecular weight excluding hydrogens is 382 g/mol. The van der Waals surface area contributed by atoms with Gasteiger partial charge in [0.05, 0.1) is 13.2 Å². The molecule has 0 radical (unpaired) electrons. The van der Waals surface area contributed by atoms with E-state index in [2.05, 4.69) is 5.32 Å². The van der Waals surface area contributed by atoms with Gasteiger partial charge in [-0.2, -0.15) is 0 Å². The van der Waals surface area contributed by atoms with Crippen molar-refractivity contribution in [3.05, 3.63) is 53.1 Å². The van der Waals surface area contributed by atoms with Crippen molar-refractivity contribution in [1.82, 2.24) is 5.32 Å². The number of rotatable bonds is 10. The van der Waals surface area contributed by atoms with Crippen LogP contribution in [0.2, 0.25) is 0 Å². The molecule has 0 aliphatic carbocycles. The molecule has 0 fully saturated rings. The molecule has 3 rings (SSSR count). The van der Waals surface area contributed by atoms with Gasteiger partial charge in [-0.15, -0.1) is 0 Å². The average molecular weight is 411 g/mol. The summed E-state index contributed by atoms with van der Waals surface area (Å²) in [6.07, 6.45) is 1.29. The van der Waals surface area contributed by atoms with E-state index in [4.69, 9.17) is 14.2 Å². The Morgan fingerprint density at radius 2 is 1.80 bits per heavy atom. The minimum atomic E-state index is -0.175. The first-order chi connectivity index (χ1) is 14.5. The normalized spacial score (nSPS) is 14.6. The molecule has 30 heavy (non-hydrogen) atoms. The van der Waals surface area contributed by atoms with Crippen molar-refractivity contribution in [3.63, 3.8) is 0 Å². The summed E-state index contributed by atoms with van der Waals surface area (Å²) < 4.78 is 16.9.